The molecule has 0 aromatic carbocycles. The summed E-state index contributed by atoms with van der Waals surface area (Å²) in [5, 5.41) is 2.77. The minimum absolute atomic E-state index is 0.0106. The topological polar surface area (TPSA) is 90.0 Å². The summed E-state index contributed by atoms with van der Waals surface area (Å²) in [6.07, 6.45) is 18.1. The van der Waals surface area contributed by atoms with Crippen molar-refractivity contribution in [2.24, 2.45) is 17.8 Å². The van der Waals surface area contributed by atoms with Gasteiger partial charge < -0.3 is 20.0 Å². The van der Waals surface area contributed by atoms with Gasteiger partial charge in [-0.15, -0.1) is 0 Å². The Bertz CT molecular complexity index is 865. The minimum Gasteiger partial charge on any atom is -0.346 e. The minimum atomic E-state index is -0.485. The van der Waals surface area contributed by atoms with E-state index < -0.39 is 11.8 Å². The monoisotopic (exact) mass is 558 g/mol. The van der Waals surface area contributed by atoms with E-state index in [1.54, 1.807) is 4.90 Å². The van der Waals surface area contributed by atoms with Gasteiger partial charge in [-0.3, -0.25) is 19.2 Å². The van der Waals surface area contributed by atoms with Crippen LogP contribution < -0.4 is 5.32 Å². The van der Waals surface area contributed by atoms with E-state index in [1.165, 1.54) is 64.2 Å². The summed E-state index contributed by atoms with van der Waals surface area (Å²) < 4.78 is 0. The summed E-state index contributed by atoms with van der Waals surface area (Å²) in [7, 11) is 0. The molecule has 4 aliphatic rings. The number of nitrogens with zero attached hydrogens (tertiary/aromatic N) is 3. The van der Waals surface area contributed by atoms with Crippen molar-refractivity contribution in [2.45, 2.75) is 129 Å². The molecule has 2 saturated heterocycles. The van der Waals surface area contributed by atoms with Crippen LogP contribution in [0, 0.1) is 17.8 Å². The predicted octanol–water partition coefficient (Wildman–Crippen LogP) is 4.51. The average molecular weight is 559 g/mol. The third-order valence-electron chi connectivity index (χ3n) is 9.96. The zero-order valence-corrected chi connectivity index (χ0v) is 25.2. The maximum Gasteiger partial charge on any atom is 0.312 e. The van der Waals surface area contributed by atoms with Crippen LogP contribution in [0.5, 0.6) is 0 Å². The Morgan fingerprint density at radius 2 is 1.25 bits per heavy atom. The molecule has 0 radical (unpaired) electrons. The molecule has 2 atom stereocenters. The van der Waals surface area contributed by atoms with Crippen LogP contribution in [0.3, 0.4) is 0 Å². The second-order valence-corrected chi connectivity index (χ2v) is 13.5. The van der Waals surface area contributed by atoms with Crippen LogP contribution in [0.1, 0.15) is 117 Å². The average Bonchev–Trinajstić information content (AvgIpc) is 2.95. The molecule has 4 rings (SSSR count). The number of carbonyl (C=O) groups excluding carboxylic acids is 4. The summed E-state index contributed by atoms with van der Waals surface area (Å²) in [6.45, 7) is 7.45. The molecule has 0 aromatic heterocycles. The Balaban J connectivity index is 1.26. The summed E-state index contributed by atoms with van der Waals surface area (Å²) in [6, 6.07) is 0.103. The SMILES string of the molecule is CC(C)C[C@H]1CN(CCCC[C@H]2CNC(=O)C(=O)N2CCC2CCCCC2)C(=O)C(=O)N1CCC1CCCCC1. The molecule has 8 nitrogen and oxygen atoms in total. The highest BCUT2D eigenvalue weighted by Crippen LogP contribution is 2.29. The molecular formula is C32H54N4O4. The molecule has 4 amide bonds. The first-order valence-electron chi connectivity index (χ1n) is 16.5. The van der Waals surface area contributed by atoms with Gasteiger partial charge in [-0.2, -0.15) is 0 Å². The highest BCUT2D eigenvalue weighted by molar-refractivity contribution is 6.36. The number of nitrogens with one attached hydrogen (secondary N) is 1. The summed E-state index contributed by atoms with van der Waals surface area (Å²) in [5.41, 5.74) is 0. The Kier molecular flexibility index (Phi) is 11.7. The Labute approximate surface area is 242 Å². The molecule has 2 saturated carbocycles. The Morgan fingerprint density at radius 1 is 0.675 bits per heavy atom. The van der Waals surface area contributed by atoms with Crippen molar-refractivity contribution in [3.63, 3.8) is 0 Å². The summed E-state index contributed by atoms with van der Waals surface area (Å²) >= 11 is 0. The quantitative estimate of drug-likeness (QED) is 0.266. The number of hydrogen-bond donors (Lipinski definition) is 1. The molecule has 0 unspecified atom stereocenters. The van der Waals surface area contributed by atoms with Gasteiger partial charge in [-0.05, 0) is 56.3 Å². The van der Waals surface area contributed by atoms with Crippen LogP contribution in [0.25, 0.3) is 0 Å². The second-order valence-electron chi connectivity index (χ2n) is 13.5. The van der Waals surface area contributed by atoms with Crippen LogP contribution in [-0.4, -0.2) is 83.1 Å². The number of amides is 4. The van der Waals surface area contributed by atoms with Crippen LogP contribution in [0.2, 0.25) is 0 Å². The van der Waals surface area contributed by atoms with Crippen molar-refractivity contribution < 1.29 is 19.2 Å². The molecular weight excluding hydrogens is 504 g/mol. The van der Waals surface area contributed by atoms with Gasteiger partial charge in [0, 0.05) is 38.8 Å². The van der Waals surface area contributed by atoms with E-state index in [4.69, 9.17) is 0 Å². The van der Waals surface area contributed by atoms with Gasteiger partial charge in [0.1, 0.15) is 0 Å². The number of hydrogen-bond acceptors (Lipinski definition) is 4. The van der Waals surface area contributed by atoms with Crippen LogP contribution in [0.4, 0.5) is 0 Å². The molecule has 1 N–H and O–H groups in total. The number of carbonyl (C=O) groups is 4. The molecule has 0 spiro atoms. The van der Waals surface area contributed by atoms with Crippen molar-refractivity contribution in [1.82, 2.24) is 20.0 Å². The van der Waals surface area contributed by atoms with E-state index in [9.17, 15) is 19.2 Å². The van der Waals surface area contributed by atoms with Crippen molar-refractivity contribution in [3.05, 3.63) is 0 Å². The van der Waals surface area contributed by atoms with Crippen LogP contribution in [-0.2, 0) is 19.2 Å². The van der Waals surface area contributed by atoms with Crippen molar-refractivity contribution in [2.75, 3.05) is 32.7 Å². The standard InChI is InChI=1S/C32H54N4O4/c1-24(2)21-28-23-34(31(39)32(40)36(28)20-17-26-13-7-4-8-14-26)18-10-9-15-27-22-33-29(37)30(38)35(27)19-16-25-11-5-3-6-12-25/h24-28H,3-23H2,1-2H3,(H,33,37)/t27-,28-/m0/s1. The third kappa shape index (κ3) is 8.45. The van der Waals surface area contributed by atoms with Crippen molar-refractivity contribution in [1.29, 1.82) is 0 Å². The number of piperazine rings is 2. The maximum atomic E-state index is 13.2. The van der Waals surface area contributed by atoms with Crippen molar-refractivity contribution >= 4 is 23.6 Å². The number of rotatable bonds is 13. The molecule has 8 heteroatoms. The zero-order valence-electron chi connectivity index (χ0n) is 25.2. The Morgan fingerprint density at radius 3 is 1.82 bits per heavy atom. The van der Waals surface area contributed by atoms with Gasteiger partial charge in [0.25, 0.3) is 0 Å². The highest BCUT2D eigenvalue weighted by atomic mass is 16.2. The Hall–Kier alpha value is -2.12. The van der Waals surface area contributed by atoms with Gasteiger partial charge in [0.15, 0.2) is 0 Å². The normalized spacial score (nSPS) is 25.7. The lowest BCUT2D eigenvalue weighted by Gasteiger charge is -2.42. The fraction of sp³-hybridized carbons (Fsp3) is 0.875. The van der Waals surface area contributed by atoms with Gasteiger partial charge in [0.05, 0.1) is 6.04 Å². The molecule has 0 aromatic rings. The number of unbranched alkanes of at least 4 members (excludes halogenated alkanes) is 1. The highest BCUT2D eigenvalue weighted by Gasteiger charge is 2.39. The summed E-state index contributed by atoms with van der Waals surface area (Å²) in [5.74, 6) is 0.267. The van der Waals surface area contributed by atoms with Gasteiger partial charge >= 0.3 is 23.6 Å². The van der Waals surface area contributed by atoms with E-state index in [-0.39, 0.29) is 23.9 Å². The second kappa shape index (κ2) is 15.2. The third-order valence-corrected chi connectivity index (χ3v) is 9.96. The molecule has 40 heavy (non-hydrogen) atoms. The molecule has 4 fully saturated rings. The van der Waals surface area contributed by atoms with Crippen LogP contribution >= 0.6 is 0 Å². The zero-order chi connectivity index (χ0) is 28.5. The largest absolute Gasteiger partial charge is 0.346 e. The summed E-state index contributed by atoms with van der Waals surface area (Å²) in [4.78, 5) is 56.6. The lowest BCUT2D eigenvalue weighted by molar-refractivity contribution is -0.159. The molecule has 2 aliphatic carbocycles. The predicted molar refractivity (Wildman–Crippen MR) is 156 cm³/mol. The molecule has 0 bridgehead atoms. The van der Waals surface area contributed by atoms with Gasteiger partial charge in [-0.25, -0.2) is 0 Å². The lowest BCUT2D eigenvalue weighted by Crippen LogP contribution is -2.60. The van der Waals surface area contributed by atoms with Gasteiger partial charge in [-0.1, -0.05) is 78.1 Å². The van der Waals surface area contributed by atoms with Crippen molar-refractivity contribution in [3.8, 4) is 0 Å². The molecule has 226 valence electrons. The van der Waals surface area contributed by atoms with Gasteiger partial charge in [0.2, 0.25) is 0 Å². The fourth-order valence-corrected chi connectivity index (χ4v) is 7.59. The smallest absolute Gasteiger partial charge is 0.312 e. The first-order chi connectivity index (χ1) is 19.3. The van der Waals surface area contributed by atoms with E-state index >= 15 is 0 Å². The van der Waals surface area contributed by atoms with E-state index in [0.29, 0.717) is 50.5 Å². The first kappa shape index (κ1) is 30.8. The van der Waals surface area contributed by atoms with Crippen LogP contribution in [0.15, 0.2) is 0 Å². The lowest BCUT2D eigenvalue weighted by atomic mass is 9.86. The molecule has 2 aliphatic heterocycles. The van der Waals surface area contributed by atoms with E-state index in [1.807, 2.05) is 9.80 Å². The maximum absolute atomic E-state index is 13.2. The first-order valence-corrected chi connectivity index (χ1v) is 16.5. The molecule has 2 heterocycles. The van der Waals surface area contributed by atoms with E-state index in [0.717, 1.165) is 38.5 Å². The fourth-order valence-electron chi connectivity index (χ4n) is 7.59. The van der Waals surface area contributed by atoms with E-state index in [2.05, 4.69) is 19.2 Å².